The highest BCUT2D eigenvalue weighted by Crippen LogP contribution is 2.25. The van der Waals surface area contributed by atoms with Crippen LogP contribution in [0.2, 0.25) is 0 Å². The number of aromatic nitrogens is 2. The number of nitrogens with one attached hydrogen (secondary N) is 2. The molecule has 2 aromatic rings. The Bertz CT molecular complexity index is 715. The standard InChI is InChI=1S/C12H9F2N3O4/c1-21-7-3-2-5(13)9(14)8(7)11(18)16-6-4-15-17-10(6)12(19)20/h2-4H,1H3,(H,15,17)(H,16,18)(H,19,20). The van der Waals surface area contributed by atoms with Crippen LogP contribution in [0.1, 0.15) is 20.8 Å². The van der Waals surface area contributed by atoms with Crippen LogP contribution in [0.3, 0.4) is 0 Å². The second kappa shape index (κ2) is 5.57. The van der Waals surface area contributed by atoms with Crippen LogP contribution in [0.5, 0.6) is 5.75 Å². The van der Waals surface area contributed by atoms with E-state index in [0.29, 0.717) is 0 Å². The Morgan fingerprint density at radius 1 is 1.38 bits per heavy atom. The highest BCUT2D eigenvalue weighted by Gasteiger charge is 2.23. The molecule has 0 bridgehead atoms. The molecule has 0 fully saturated rings. The van der Waals surface area contributed by atoms with E-state index in [2.05, 4.69) is 15.5 Å². The zero-order valence-electron chi connectivity index (χ0n) is 10.6. The molecule has 1 amide bonds. The van der Waals surface area contributed by atoms with Crippen LogP contribution in [0, 0.1) is 11.6 Å². The van der Waals surface area contributed by atoms with Crippen molar-refractivity contribution in [2.24, 2.45) is 0 Å². The second-order valence-electron chi connectivity index (χ2n) is 3.85. The number of methoxy groups -OCH3 is 1. The molecule has 110 valence electrons. The van der Waals surface area contributed by atoms with Crippen LogP contribution in [-0.4, -0.2) is 34.3 Å². The van der Waals surface area contributed by atoms with Gasteiger partial charge in [-0.25, -0.2) is 13.6 Å². The predicted octanol–water partition coefficient (Wildman–Crippen LogP) is 1.65. The molecule has 21 heavy (non-hydrogen) atoms. The van der Waals surface area contributed by atoms with Crippen molar-refractivity contribution >= 4 is 17.6 Å². The van der Waals surface area contributed by atoms with E-state index < -0.39 is 34.8 Å². The van der Waals surface area contributed by atoms with Crippen molar-refractivity contribution in [1.82, 2.24) is 10.2 Å². The van der Waals surface area contributed by atoms with Gasteiger partial charge in [-0.2, -0.15) is 5.10 Å². The lowest BCUT2D eigenvalue weighted by Crippen LogP contribution is -2.17. The number of carboxylic acids is 1. The first-order chi connectivity index (χ1) is 9.95. The summed E-state index contributed by atoms with van der Waals surface area (Å²) in [4.78, 5) is 22.9. The summed E-state index contributed by atoms with van der Waals surface area (Å²) in [6.45, 7) is 0. The number of aromatic carboxylic acids is 1. The number of anilines is 1. The van der Waals surface area contributed by atoms with Crippen molar-refractivity contribution in [3.8, 4) is 5.75 Å². The number of carboxylic acid groups (broad SMARTS) is 1. The number of rotatable bonds is 4. The summed E-state index contributed by atoms with van der Waals surface area (Å²) in [5.74, 6) is -5.27. The van der Waals surface area contributed by atoms with Gasteiger partial charge in [-0.3, -0.25) is 9.89 Å². The summed E-state index contributed by atoms with van der Waals surface area (Å²) in [5, 5.41) is 16.6. The molecule has 1 aromatic heterocycles. The molecule has 9 heteroatoms. The van der Waals surface area contributed by atoms with Crippen molar-refractivity contribution in [2.45, 2.75) is 0 Å². The van der Waals surface area contributed by atoms with E-state index in [0.717, 1.165) is 18.3 Å². The molecule has 1 aromatic carbocycles. The molecule has 3 N–H and O–H groups in total. The van der Waals surface area contributed by atoms with Gasteiger partial charge in [-0.05, 0) is 12.1 Å². The maximum absolute atomic E-state index is 13.7. The number of benzene rings is 1. The number of hydrogen-bond donors (Lipinski definition) is 3. The fourth-order valence-corrected chi connectivity index (χ4v) is 1.65. The van der Waals surface area contributed by atoms with Crippen LogP contribution >= 0.6 is 0 Å². The number of carbonyl (C=O) groups is 2. The molecular formula is C12H9F2N3O4. The van der Waals surface area contributed by atoms with Gasteiger partial charge in [-0.15, -0.1) is 0 Å². The average molecular weight is 297 g/mol. The summed E-state index contributed by atoms with van der Waals surface area (Å²) in [5.41, 5.74) is -1.31. The fraction of sp³-hybridized carbons (Fsp3) is 0.0833. The third-order valence-electron chi connectivity index (χ3n) is 2.59. The van der Waals surface area contributed by atoms with Gasteiger partial charge in [0.2, 0.25) is 0 Å². The van der Waals surface area contributed by atoms with Crippen LogP contribution in [0.15, 0.2) is 18.3 Å². The normalized spacial score (nSPS) is 10.2. The fourth-order valence-electron chi connectivity index (χ4n) is 1.65. The summed E-state index contributed by atoms with van der Waals surface area (Å²) in [6, 6.07) is 1.90. The lowest BCUT2D eigenvalue weighted by molar-refractivity contribution is 0.0691. The first-order valence-corrected chi connectivity index (χ1v) is 5.56. The Balaban J connectivity index is 2.39. The predicted molar refractivity (Wildman–Crippen MR) is 66.4 cm³/mol. The molecule has 0 atom stereocenters. The number of H-pyrrole nitrogens is 1. The van der Waals surface area contributed by atoms with Gasteiger partial charge >= 0.3 is 5.97 Å². The highest BCUT2D eigenvalue weighted by molar-refractivity contribution is 6.08. The van der Waals surface area contributed by atoms with E-state index in [4.69, 9.17) is 9.84 Å². The SMILES string of the molecule is COc1ccc(F)c(F)c1C(=O)Nc1c[nH]nc1C(=O)O. The number of aromatic amines is 1. The molecule has 0 aliphatic carbocycles. The zero-order chi connectivity index (χ0) is 15.6. The number of carbonyl (C=O) groups excluding carboxylic acids is 1. The molecule has 7 nitrogen and oxygen atoms in total. The average Bonchev–Trinajstić information content (AvgIpc) is 2.89. The lowest BCUT2D eigenvalue weighted by Gasteiger charge is -2.10. The van der Waals surface area contributed by atoms with E-state index in [9.17, 15) is 18.4 Å². The zero-order valence-corrected chi connectivity index (χ0v) is 10.6. The largest absolute Gasteiger partial charge is 0.496 e. The van der Waals surface area contributed by atoms with Gasteiger partial charge in [0.1, 0.15) is 11.3 Å². The smallest absolute Gasteiger partial charge is 0.358 e. The Morgan fingerprint density at radius 3 is 2.71 bits per heavy atom. The molecule has 0 saturated carbocycles. The molecule has 0 unspecified atom stereocenters. The minimum Gasteiger partial charge on any atom is -0.496 e. The molecule has 0 saturated heterocycles. The lowest BCUT2D eigenvalue weighted by atomic mass is 10.1. The molecule has 1 heterocycles. The summed E-state index contributed by atoms with van der Waals surface area (Å²) >= 11 is 0. The van der Waals surface area contributed by atoms with Gasteiger partial charge in [0.25, 0.3) is 5.91 Å². The van der Waals surface area contributed by atoms with Gasteiger partial charge in [0, 0.05) is 6.20 Å². The van der Waals surface area contributed by atoms with Crippen LogP contribution in [0.25, 0.3) is 0 Å². The summed E-state index contributed by atoms with van der Waals surface area (Å²) < 4.78 is 31.7. The molecular weight excluding hydrogens is 288 g/mol. The highest BCUT2D eigenvalue weighted by atomic mass is 19.2. The summed E-state index contributed by atoms with van der Waals surface area (Å²) in [7, 11) is 1.18. The topological polar surface area (TPSA) is 104 Å². The van der Waals surface area contributed by atoms with E-state index in [-0.39, 0.29) is 11.4 Å². The van der Waals surface area contributed by atoms with Gasteiger partial charge in [-0.1, -0.05) is 0 Å². The van der Waals surface area contributed by atoms with E-state index >= 15 is 0 Å². The molecule has 0 spiro atoms. The second-order valence-corrected chi connectivity index (χ2v) is 3.85. The number of amides is 1. The third-order valence-corrected chi connectivity index (χ3v) is 2.59. The maximum Gasteiger partial charge on any atom is 0.358 e. The Labute approximate surface area is 116 Å². The number of hydrogen-bond acceptors (Lipinski definition) is 4. The van der Waals surface area contributed by atoms with Crippen molar-refractivity contribution in [3.05, 3.63) is 41.2 Å². The van der Waals surface area contributed by atoms with Crippen molar-refractivity contribution in [3.63, 3.8) is 0 Å². The van der Waals surface area contributed by atoms with Gasteiger partial charge < -0.3 is 15.2 Å². The quantitative estimate of drug-likeness (QED) is 0.796. The van der Waals surface area contributed by atoms with Crippen molar-refractivity contribution in [2.75, 3.05) is 12.4 Å². The monoisotopic (exact) mass is 297 g/mol. The third kappa shape index (κ3) is 2.66. The van der Waals surface area contributed by atoms with E-state index in [1.807, 2.05) is 0 Å². The van der Waals surface area contributed by atoms with Crippen molar-refractivity contribution in [1.29, 1.82) is 0 Å². The van der Waals surface area contributed by atoms with Gasteiger partial charge in [0.05, 0.1) is 12.8 Å². The molecule has 0 radical (unpaired) electrons. The van der Waals surface area contributed by atoms with E-state index in [1.165, 1.54) is 7.11 Å². The minimum atomic E-state index is -1.40. The number of halogens is 2. The Kier molecular flexibility index (Phi) is 3.83. The Morgan fingerprint density at radius 2 is 2.10 bits per heavy atom. The molecule has 2 rings (SSSR count). The molecule has 0 aliphatic rings. The minimum absolute atomic E-state index is 0.182. The number of ether oxygens (including phenoxy) is 1. The maximum atomic E-state index is 13.7. The van der Waals surface area contributed by atoms with E-state index in [1.54, 1.807) is 0 Å². The Hall–Kier alpha value is -2.97. The number of nitrogens with zero attached hydrogens (tertiary/aromatic N) is 1. The molecule has 0 aliphatic heterocycles. The van der Waals surface area contributed by atoms with Crippen LogP contribution in [0.4, 0.5) is 14.5 Å². The summed E-state index contributed by atoms with van der Waals surface area (Å²) in [6.07, 6.45) is 1.10. The first kappa shape index (κ1) is 14.4. The van der Waals surface area contributed by atoms with Crippen LogP contribution < -0.4 is 10.1 Å². The van der Waals surface area contributed by atoms with Crippen molar-refractivity contribution < 1.29 is 28.2 Å². The van der Waals surface area contributed by atoms with Crippen LogP contribution in [-0.2, 0) is 0 Å². The first-order valence-electron chi connectivity index (χ1n) is 5.56. The van der Waals surface area contributed by atoms with Gasteiger partial charge in [0.15, 0.2) is 17.3 Å².